The molecular formula is C25H27NO5. The van der Waals surface area contributed by atoms with Crippen LogP contribution in [0.5, 0.6) is 0 Å². The lowest BCUT2D eigenvalue weighted by Gasteiger charge is -2.08. The minimum Gasteiger partial charge on any atom is -0.467 e. The average molecular weight is 421 g/mol. The Labute approximate surface area is 181 Å². The summed E-state index contributed by atoms with van der Waals surface area (Å²) in [6, 6.07) is 11.1. The van der Waals surface area contributed by atoms with Crippen molar-refractivity contribution in [2.24, 2.45) is 0 Å². The molecule has 0 aliphatic carbocycles. The highest BCUT2D eigenvalue weighted by atomic mass is 16.5. The van der Waals surface area contributed by atoms with Gasteiger partial charge >= 0.3 is 5.97 Å². The van der Waals surface area contributed by atoms with Gasteiger partial charge in [0, 0.05) is 28.9 Å². The van der Waals surface area contributed by atoms with Gasteiger partial charge < -0.3 is 13.7 Å². The predicted molar refractivity (Wildman–Crippen MR) is 116 cm³/mol. The Kier molecular flexibility index (Phi) is 6.90. The van der Waals surface area contributed by atoms with Gasteiger partial charge in [0.1, 0.15) is 5.76 Å². The fourth-order valence-electron chi connectivity index (χ4n) is 3.57. The van der Waals surface area contributed by atoms with E-state index in [-0.39, 0.29) is 31.0 Å². The Bertz CT molecular complexity index is 1110. The number of hydrogen-bond acceptors (Lipinski definition) is 5. The van der Waals surface area contributed by atoms with Crippen LogP contribution in [0.1, 0.15) is 61.8 Å². The fraction of sp³-hybridized carbons (Fsp3) is 0.320. The molecule has 6 nitrogen and oxygen atoms in total. The lowest BCUT2D eigenvalue weighted by molar-refractivity contribution is -0.142. The second kappa shape index (κ2) is 9.60. The lowest BCUT2D eigenvalue weighted by Crippen LogP contribution is -2.16. The normalized spacial score (nSPS) is 10.8. The van der Waals surface area contributed by atoms with E-state index in [4.69, 9.17) is 9.15 Å². The number of aryl methyl sites for hydroxylation is 3. The molecule has 3 aromatic rings. The molecule has 0 spiro atoms. The van der Waals surface area contributed by atoms with Crippen LogP contribution in [0.2, 0.25) is 0 Å². The first-order valence-electron chi connectivity index (χ1n) is 10.2. The first-order valence-corrected chi connectivity index (χ1v) is 10.2. The molecule has 0 saturated carbocycles. The van der Waals surface area contributed by atoms with Crippen molar-refractivity contribution in [2.75, 3.05) is 6.61 Å². The number of carbonyl (C=O) groups excluding carboxylic acids is 3. The summed E-state index contributed by atoms with van der Waals surface area (Å²) in [6.07, 6.45) is 1.60. The maximum atomic E-state index is 12.6. The third-order valence-electron chi connectivity index (χ3n) is 5.38. The number of esters is 1. The zero-order chi connectivity index (χ0) is 22.5. The van der Waals surface area contributed by atoms with Gasteiger partial charge in [-0.25, -0.2) is 0 Å². The van der Waals surface area contributed by atoms with E-state index in [1.54, 1.807) is 12.3 Å². The molecule has 0 N–H and O–H groups in total. The molecule has 3 rings (SSSR count). The monoisotopic (exact) mass is 421 g/mol. The first kappa shape index (κ1) is 22.3. The van der Waals surface area contributed by atoms with E-state index in [0.29, 0.717) is 17.7 Å². The van der Waals surface area contributed by atoms with E-state index in [0.717, 1.165) is 28.3 Å². The van der Waals surface area contributed by atoms with Crippen molar-refractivity contribution in [2.45, 2.75) is 47.1 Å². The van der Waals surface area contributed by atoms with Gasteiger partial charge in [-0.3, -0.25) is 14.4 Å². The van der Waals surface area contributed by atoms with Crippen molar-refractivity contribution in [1.82, 2.24) is 4.57 Å². The SMILES string of the molecule is Cc1ccc(C)c(C(=O)CCC(=O)OCC(=O)c2cc(C)n(Cc3ccco3)c2C)c1. The minimum absolute atomic E-state index is 0.0506. The van der Waals surface area contributed by atoms with Crippen LogP contribution in [-0.2, 0) is 16.1 Å². The van der Waals surface area contributed by atoms with E-state index >= 15 is 0 Å². The summed E-state index contributed by atoms with van der Waals surface area (Å²) in [6.45, 7) is 7.74. The second-order valence-corrected chi connectivity index (χ2v) is 7.78. The van der Waals surface area contributed by atoms with Crippen molar-refractivity contribution in [3.63, 3.8) is 0 Å². The summed E-state index contributed by atoms with van der Waals surface area (Å²) in [4.78, 5) is 37.1. The number of carbonyl (C=O) groups is 3. The summed E-state index contributed by atoms with van der Waals surface area (Å²) in [7, 11) is 0. The smallest absolute Gasteiger partial charge is 0.306 e. The van der Waals surface area contributed by atoms with Crippen molar-refractivity contribution >= 4 is 17.5 Å². The summed E-state index contributed by atoms with van der Waals surface area (Å²) >= 11 is 0. The number of nitrogens with zero attached hydrogens (tertiary/aromatic N) is 1. The fourth-order valence-corrected chi connectivity index (χ4v) is 3.57. The van der Waals surface area contributed by atoms with Gasteiger partial charge in [-0.15, -0.1) is 0 Å². The summed E-state index contributed by atoms with van der Waals surface area (Å²) < 4.78 is 12.5. The molecule has 0 fully saturated rings. The number of rotatable bonds is 9. The van der Waals surface area contributed by atoms with Crippen molar-refractivity contribution in [1.29, 1.82) is 0 Å². The van der Waals surface area contributed by atoms with E-state index in [2.05, 4.69) is 0 Å². The Morgan fingerprint density at radius 2 is 1.71 bits per heavy atom. The van der Waals surface area contributed by atoms with Crippen LogP contribution < -0.4 is 0 Å². The molecule has 1 aromatic carbocycles. The van der Waals surface area contributed by atoms with Crippen molar-refractivity contribution in [3.05, 3.63) is 82.1 Å². The van der Waals surface area contributed by atoms with Gasteiger partial charge in [-0.1, -0.05) is 17.7 Å². The molecule has 162 valence electrons. The Balaban J connectivity index is 1.54. The number of ketones is 2. The molecule has 6 heteroatoms. The third kappa shape index (κ3) is 5.40. The van der Waals surface area contributed by atoms with Crippen LogP contribution in [0.25, 0.3) is 0 Å². The van der Waals surface area contributed by atoms with E-state index in [9.17, 15) is 14.4 Å². The van der Waals surface area contributed by atoms with E-state index in [1.165, 1.54) is 0 Å². The summed E-state index contributed by atoms with van der Waals surface area (Å²) in [5.74, 6) is -0.143. The summed E-state index contributed by atoms with van der Waals surface area (Å²) in [5, 5.41) is 0. The van der Waals surface area contributed by atoms with Crippen LogP contribution in [0.4, 0.5) is 0 Å². The number of ether oxygens (including phenoxy) is 1. The predicted octanol–water partition coefficient (Wildman–Crippen LogP) is 4.75. The van der Waals surface area contributed by atoms with Gasteiger partial charge in [0.15, 0.2) is 12.4 Å². The number of Topliss-reactive ketones (excluding diaryl/α,β-unsaturated/α-hetero) is 2. The molecule has 2 heterocycles. The Morgan fingerprint density at radius 3 is 2.42 bits per heavy atom. The zero-order valence-corrected chi connectivity index (χ0v) is 18.4. The molecule has 0 amide bonds. The van der Waals surface area contributed by atoms with Crippen LogP contribution in [0, 0.1) is 27.7 Å². The Hall–Kier alpha value is -3.41. The van der Waals surface area contributed by atoms with E-state index < -0.39 is 5.97 Å². The van der Waals surface area contributed by atoms with Crippen LogP contribution in [-0.4, -0.2) is 28.7 Å². The van der Waals surface area contributed by atoms with Crippen LogP contribution >= 0.6 is 0 Å². The summed E-state index contributed by atoms with van der Waals surface area (Å²) in [5.41, 5.74) is 4.72. The number of benzene rings is 1. The first-order chi connectivity index (χ1) is 14.8. The molecule has 0 aliphatic rings. The van der Waals surface area contributed by atoms with Gasteiger partial charge in [-0.05, 0) is 57.5 Å². The molecule has 0 unspecified atom stereocenters. The van der Waals surface area contributed by atoms with Crippen molar-refractivity contribution < 1.29 is 23.5 Å². The minimum atomic E-state index is -0.559. The van der Waals surface area contributed by atoms with Gasteiger partial charge in [-0.2, -0.15) is 0 Å². The van der Waals surface area contributed by atoms with Crippen LogP contribution in [0.15, 0.2) is 47.1 Å². The molecule has 0 aliphatic heterocycles. The standard InChI is InChI=1S/C25H27NO5/c1-16-7-8-17(2)21(12-16)23(27)9-10-25(29)31-15-24(28)22-13-18(3)26(19(22)4)14-20-6-5-11-30-20/h5-8,11-13H,9-10,14-15H2,1-4H3. The third-order valence-corrected chi connectivity index (χ3v) is 5.38. The largest absolute Gasteiger partial charge is 0.467 e. The van der Waals surface area contributed by atoms with Gasteiger partial charge in [0.2, 0.25) is 5.78 Å². The molecular weight excluding hydrogens is 394 g/mol. The quantitative estimate of drug-likeness (QED) is 0.368. The topological polar surface area (TPSA) is 78.5 Å². The molecule has 0 saturated heterocycles. The number of hydrogen-bond donors (Lipinski definition) is 0. The van der Waals surface area contributed by atoms with Gasteiger partial charge in [0.25, 0.3) is 0 Å². The number of furan rings is 1. The highest BCUT2D eigenvalue weighted by Crippen LogP contribution is 2.19. The highest BCUT2D eigenvalue weighted by Gasteiger charge is 2.19. The second-order valence-electron chi connectivity index (χ2n) is 7.78. The van der Waals surface area contributed by atoms with Gasteiger partial charge in [0.05, 0.1) is 19.2 Å². The maximum Gasteiger partial charge on any atom is 0.306 e. The molecule has 0 radical (unpaired) electrons. The van der Waals surface area contributed by atoms with Crippen LogP contribution in [0.3, 0.4) is 0 Å². The molecule has 31 heavy (non-hydrogen) atoms. The maximum absolute atomic E-state index is 12.6. The molecule has 2 aromatic heterocycles. The van der Waals surface area contributed by atoms with E-state index in [1.807, 2.05) is 62.6 Å². The zero-order valence-electron chi connectivity index (χ0n) is 18.4. The number of aromatic nitrogens is 1. The molecule has 0 bridgehead atoms. The van der Waals surface area contributed by atoms with Crippen molar-refractivity contribution in [3.8, 4) is 0 Å². The highest BCUT2D eigenvalue weighted by molar-refractivity contribution is 6.00. The lowest BCUT2D eigenvalue weighted by atomic mass is 9.99. The average Bonchev–Trinajstić information content (AvgIpc) is 3.35. The molecule has 0 atom stereocenters. The Morgan fingerprint density at radius 1 is 0.935 bits per heavy atom.